The van der Waals surface area contributed by atoms with E-state index in [0.29, 0.717) is 0 Å². The maximum Gasteiger partial charge on any atom is 0.436 e. The van der Waals surface area contributed by atoms with Crippen LogP contribution >= 0.6 is 0 Å². The summed E-state index contributed by atoms with van der Waals surface area (Å²) in [6, 6.07) is 0. The highest BCUT2D eigenvalue weighted by Crippen LogP contribution is 2.42. The fraction of sp³-hybridized carbons (Fsp3) is 1.00. The highest BCUT2D eigenvalue weighted by molar-refractivity contribution is 7.87. The van der Waals surface area contributed by atoms with Crippen molar-refractivity contribution in [1.82, 2.24) is 0 Å². The van der Waals surface area contributed by atoms with Crippen LogP contribution in [0.25, 0.3) is 0 Å². The van der Waals surface area contributed by atoms with Crippen LogP contribution in [-0.2, 0) is 10.2 Å². The van der Waals surface area contributed by atoms with E-state index in [1.165, 1.54) is 0 Å². The fourth-order valence-electron chi connectivity index (χ4n) is 0.658. The van der Waals surface area contributed by atoms with Crippen molar-refractivity contribution in [3.63, 3.8) is 0 Å². The summed E-state index contributed by atoms with van der Waals surface area (Å²) in [5.41, 5.74) is 0. The molecule has 1 unspecified atom stereocenters. The van der Waals surface area contributed by atoms with E-state index in [2.05, 4.69) is 0 Å². The van der Waals surface area contributed by atoms with Gasteiger partial charge in [0.15, 0.2) is 0 Å². The minimum Gasteiger partial charge on any atom is -0.394 e. The van der Waals surface area contributed by atoms with Gasteiger partial charge in [0.2, 0.25) is 0 Å². The summed E-state index contributed by atoms with van der Waals surface area (Å²) in [6.07, 6.45) is -4.34. The Bertz CT molecular complexity index is 313. The molecular weight excluding hydrogens is 251 g/mol. The molecule has 0 amide bonds. The molecule has 1 atom stereocenters. The van der Waals surface area contributed by atoms with E-state index >= 15 is 0 Å². The summed E-state index contributed by atoms with van der Waals surface area (Å²) < 4.78 is 80.9. The van der Waals surface area contributed by atoms with Gasteiger partial charge in [-0.25, -0.2) is 0 Å². The number of alkyl halides is 4. The molecule has 10 heteroatoms. The molecule has 15 heavy (non-hydrogen) atoms. The summed E-state index contributed by atoms with van der Waals surface area (Å²) in [5.74, 6) is -5.30. The SMILES string of the molecule is O=S(=O)(F)C(F)(F)C(F)(F)CC(O)CO. The van der Waals surface area contributed by atoms with E-state index in [4.69, 9.17) is 10.2 Å². The summed E-state index contributed by atoms with van der Waals surface area (Å²) >= 11 is 0. The Labute approximate surface area is 81.5 Å². The van der Waals surface area contributed by atoms with Gasteiger partial charge < -0.3 is 10.2 Å². The van der Waals surface area contributed by atoms with Crippen LogP contribution in [0.15, 0.2) is 0 Å². The van der Waals surface area contributed by atoms with Crippen molar-refractivity contribution in [2.24, 2.45) is 0 Å². The summed E-state index contributed by atoms with van der Waals surface area (Å²) in [5, 5.41) is 10.6. The molecule has 4 nitrogen and oxygen atoms in total. The molecule has 0 saturated carbocycles. The summed E-state index contributed by atoms with van der Waals surface area (Å²) in [4.78, 5) is 0. The van der Waals surface area contributed by atoms with E-state index in [1.807, 2.05) is 0 Å². The highest BCUT2D eigenvalue weighted by atomic mass is 32.3. The van der Waals surface area contributed by atoms with Gasteiger partial charge in [-0.1, -0.05) is 3.89 Å². The maximum atomic E-state index is 12.5. The lowest BCUT2D eigenvalue weighted by Crippen LogP contribution is -2.47. The highest BCUT2D eigenvalue weighted by Gasteiger charge is 2.66. The summed E-state index contributed by atoms with van der Waals surface area (Å²) in [7, 11) is -6.79. The van der Waals surface area contributed by atoms with Crippen molar-refractivity contribution in [2.75, 3.05) is 6.61 Å². The third-order valence-electron chi connectivity index (χ3n) is 1.43. The van der Waals surface area contributed by atoms with E-state index in [0.717, 1.165) is 0 Å². The van der Waals surface area contributed by atoms with Gasteiger partial charge in [-0.3, -0.25) is 0 Å². The molecule has 0 aliphatic rings. The number of rotatable bonds is 5. The van der Waals surface area contributed by atoms with Gasteiger partial charge in [0.25, 0.3) is 0 Å². The molecule has 0 fully saturated rings. The second-order valence-corrected chi connectivity index (χ2v) is 4.09. The van der Waals surface area contributed by atoms with E-state index in [-0.39, 0.29) is 0 Å². The molecule has 92 valence electrons. The molecule has 0 spiro atoms. The van der Waals surface area contributed by atoms with Crippen LogP contribution in [0.3, 0.4) is 0 Å². The van der Waals surface area contributed by atoms with Crippen LogP contribution in [0.5, 0.6) is 0 Å². The van der Waals surface area contributed by atoms with Crippen LogP contribution in [0.4, 0.5) is 21.4 Å². The monoisotopic (exact) mass is 258 g/mol. The second kappa shape index (κ2) is 4.18. The average Bonchev–Trinajstić information content (AvgIpc) is 2.00. The minimum absolute atomic E-state index is 1.28. The molecule has 0 aromatic rings. The van der Waals surface area contributed by atoms with E-state index in [1.54, 1.807) is 0 Å². The predicted octanol–water partition coefficient (Wildman–Crippen LogP) is 0.257. The molecule has 0 saturated heterocycles. The van der Waals surface area contributed by atoms with Gasteiger partial charge in [0.05, 0.1) is 12.7 Å². The van der Waals surface area contributed by atoms with Crippen LogP contribution in [0, 0.1) is 0 Å². The number of hydrogen-bond acceptors (Lipinski definition) is 4. The van der Waals surface area contributed by atoms with Crippen LogP contribution in [0.2, 0.25) is 0 Å². The Hall–Kier alpha value is -0.480. The topological polar surface area (TPSA) is 74.6 Å². The lowest BCUT2D eigenvalue weighted by Gasteiger charge is -2.24. The molecule has 0 aromatic heterocycles. The van der Waals surface area contributed by atoms with Gasteiger partial charge in [-0.05, 0) is 0 Å². The van der Waals surface area contributed by atoms with Crippen LogP contribution in [-0.4, -0.2) is 42.5 Å². The van der Waals surface area contributed by atoms with Crippen molar-refractivity contribution in [3.8, 4) is 0 Å². The number of hydrogen-bond donors (Lipinski definition) is 2. The van der Waals surface area contributed by atoms with Gasteiger partial charge in [-0.2, -0.15) is 26.0 Å². The van der Waals surface area contributed by atoms with E-state index in [9.17, 15) is 29.9 Å². The largest absolute Gasteiger partial charge is 0.436 e. The minimum atomic E-state index is -6.79. The first-order chi connectivity index (χ1) is 6.45. The third kappa shape index (κ3) is 2.98. The molecule has 0 aliphatic heterocycles. The Balaban J connectivity index is 5.03. The van der Waals surface area contributed by atoms with Gasteiger partial charge in [-0.15, -0.1) is 0 Å². The van der Waals surface area contributed by atoms with Crippen molar-refractivity contribution in [2.45, 2.75) is 23.7 Å². The van der Waals surface area contributed by atoms with Crippen molar-refractivity contribution < 1.29 is 40.1 Å². The second-order valence-electron chi connectivity index (χ2n) is 2.70. The summed E-state index contributed by atoms with van der Waals surface area (Å²) in [6.45, 7) is -1.28. The van der Waals surface area contributed by atoms with Gasteiger partial charge in [0, 0.05) is 6.42 Å². The van der Waals surface area contributed by atoms with Gasteiger partial charge >= 0.3 is 21.4 Å². The first-order valence-electron chi connectivity index (χ1n) is 3.44. The Morgan fingerprint density at radius 2 is 1.60 bits per heavy atom. The van der Waals surface area contributed by atoms with Crippen molar-refractivity contribution in [1.29, 1.82) is 0 Å². The lowest BCUT2D eigenvalue weighted by molar-refractivity contribution is -0.178. The standard InChI is InChI=1S/C5H7F5O4S/c6-4(7,1-3(12)2-11)5(8,9)15(10,13)14/h3,11-12H,1-2H2. The van der Waals surface area contributed by atoms with E-state index < -0.39 is 40.5 Å². The zero-order valence-corrected chi connectivity index (χ0v) is 7.82. The molecule has 0 radical (unpaired) electrons. The first-order valence-corrected chi connectivity index (χ1v) is 4.83. The Morgan fingerprint density at radius 3 is 1.87 bits per heavy atom. The Kier molecular flexibility index (Phi) is 4.05. The predicted molar refractivity (Wildman–Crippen MR) is 37.6 cm³/mol. The zero-order valence-electron chi connectivity index (χ0n) is 7.00. The molecule has 0 rings (SSSR count). The first kappa shape index (κ1) is 14.5. The Morgan fingerprint density at radius 1 is 1.20 bits per heavy atom. The molecule has 0 heterocycles. The zero-order chi connectivity index (χ0) is 12.5. The maximum absolute atomic E-state index is 12.5. The van der Waals surface area contributed by atoms with Crippen LogP contribution in [0.1, 0.15) is 6.42 Å². The smallest absolute Gasteiger partial charge is 0.394 e. The molecule has 0 bridgehead atoms. The number of aliphatic hydroxyl groups excluding tert-OH is 2. The quantitative estimate of drug-likeness (QED) is 0.548. The lowest BCUT2D eigenvalue weighted by atomic mass is 10.1. The van der Waals surface area contributed by atoms with Crippen molar-refractivity contribution in [3.05, 3.63) is 0 Å². The normalized spacial score (nSPS) is 16.5. The fourth-order valence-corrected chi connectivity index (χ4v) is 1.10. The third-order valence-corrected chi connectivity index (χ3v) is 2.35. The molecule has 2 N–H and O–H groups in total. The number of aliphatic hydroxyl groups is 2. The molecule has 0 aromatic carbocycles. The number of halogens is 5. The molecule has 0 aliphatic carbocycles. The molecular formula is C5H7F5O4S. The van der Waals surface area contributed by atoms with Gasteiger partial charge in [0.1, 0.15) is 0 Å². The van der Waals surface area contributed by atoms with Crippen LogP contribution < -0.4 is 0 Å². The van der Waals surface area contributed by atoms with Crippen molar-refractivity contribution >= 4 is 10.2 Å². The average molecular weight is 258 g/mol.